The van der Waals surface area contributed by atoms with Gasteiger partial charge < -0.3 is 20.1 Å². The van der Waals surface area contributed by atoms with Crippen LogP contribution in [0.15, 0.2) is 30.3 Å². The second kappa shape index (κ2) is 7.16. The van der Waals surface area contributed by atoms with Crippen LogP contribution < -0.4 is 10.6 Å². The third-order valence-corrected chi connectivity index (χ3v) is 4.34. The Morgan fingerprint density at radius 2 is 1.64 bits per heavy atom. The van der Waals surface area contributed by atoms with Gasteiger partial charge >= 0.3 is 0 Å². The van der Waals surface area contributed by atoms with E-state index in [-0.39, 0.29) is 0 Å². The Bertz CT molecular complexity index is 770. The molecule has 0 radical (unpaired) electrons. The number of nitrogen functional groups attached to an aromatic ring is 1. The van der Waals surface area contributed by atoms with Gasteiger partial charge in [0.25, 0.3) is 0 Å². The van der Waals surface area contributed by atoms with E-state index in [9.17, 15) is 0 Å². The van der Waals surface area contributed by atoms with Gasteiger partial charge in [-0.2, -0.15) is 9.97 Å². The molecule has 2 N–H and O–H groups in total. The van der Waals surface area contributed by atoms with Crippen LogP contribution >= 0.6 is 0 Å². The van der Waals surface area contributed by atoms with Crippen LogP contribution in [0.2, 0.25) is 0 Å². The summed E-state index contributed by atoms with van der Waals surface area (Å²) in [5.74, 6) is 2.10. The molecule has 25 heavy (non-hydrogen) atoms. The van der Waals surface area contributed by atoms with E-state index in [1.54, 1.807) is 0 Å². The maximum atomic E-state index is 5.80. The molecule has 7 heteroatoms. The zero-order valence-electron chi connectivity index (χ0n) is 14.0. The molecule has 2 aromatic rings. The van der Waals surface area contributed by atoms with Crippen molar-refractivity contribution in [3.8, 4) is 11.4 Å². The Morgan fingerprint density at radius 1 is 0.880 bits per heavy atom. The Labute approximate surface area is 146 Å². The van der Waals surface area contributed by atoms with Crippen molar-refractivity contribution in [1.82, 2.24) is 15.0 Å². The quantitative estimate of drug-likeness (QED) is 0.853. The van der Waals surface area contributed by atoms with Gasteiger partial charge in [-0.25, -0.2) is 4.98 Å². The van der Waals surface area contributed by atoms with Crippen molar-refractivity contribution in [3.05, 3.63) is 36.2 Å². The van der Waals surface area contributed by atoms with Gasteiger partial charge in [-0.15, -0.1) is 0 Å². The number of hydrogen-bond acceptors (Lipinski definition) is 7. The first-order valence-electron chi connectivity index (χ1n) is 8.51. The van der Waals surface area contributed by atoms with Crippen LogP contribution in [-0.2, 0) is 9.47 Å². The van der Waals surface area contributed by atoms with Gasteiger partial charge in [-0.3, -0.25) is 0 Å². The molecule has 2 aliphatic rings. The SMILES string of the molecule is Nc1ccc(-c2nc(C3=CCOCC3)nc(N3CCOCC3)n2)cc1. The zero-order chi connectivity index (χ0) is 17.1. The van der Waals surface area contributed by atoms with E-state index < -0.39 is 0 Å². The minimum absolute atomic E-state index is 0.602. The fourth-order valence-corrected chi connectivity index (χ4v) is 2.90. The van der Waals surface area contributed by atoms with Gasteiger partial charge in [0.15, 0.2) is 11.6 Å². The molecule has 0 amide bonds. The largest absolute Gasteiger partial charge is 0.399 e. The van der Waals surface area contributed by atoms with Crippen LogP contribution in [0, 0.1) is 0 Å². The minimum Gasteiger partial charge on any atom is -0.399 e. The second-order valence-electron chi connectivity index (χ2n) is 6.06. The molecule has 0 bridgehead atoms. The zero-order valence-corrected chi connectivity index (χ0v) is 14.0. The molecule has 1 fully saturated rings. The highest BCUT2D eigenvalue weighted by Gasteiger charge is 2.19. The summed E-state index contributed by atoms with van der Waals surface area (Å²) in [6.45, 7) is 4.25. The molecule has 3 heterocycles. The average Bonchev–Trinajstić information content (AvgIpc) is 2.69. The van der Waals surface area contributed by atoms with E-state index in [4.69, 9.17) is 30.2 Å². The van der Waals surface area contributed by atoms with E-state index in [1.807, 2.05) is 24.3 Å². The molecule has 0 unspecified atom stereocenters. The molecule has 2 aliphatic heterocycles. The van der Waals surface area contributed by atoms with Crippen LogP contribution in [0.4, 0.5) is 11.6 Å². The predicted octanol–water partition coefficient (Wildman–Crippen LogP) is 1.76. The standard InChI is InChI=1S/C18H21N5O2/c19-15-3-1-13(2-4-15)16-20-17(14-5-9-24-10-6-14)22-18(21-16)23-7-11-25-12-8-23/h1-5H,6-12,19H2. The number of morpholine rings is 1. The van der Waals surface area contributed by atoms with E-state index in [0.29, 0.717) is 38.2 Å². The van der Waals surface area contributed by atoms with E-state index in [1.165, 1.54) is 0 Å². The van der Waals surface area contributed by atoms with Gasteiger partial charge in [0, 0.05) is 24.3 Å². The van der Waals surface area contributed by atoms with Crippen molar-refractivity contribution in [2.75, 3.05) is 50.2 Å². The monoisotopic (exact) mass is 339 g/mol. The molecule has 0 saturated carbocycles. The number of nitrogens with zero attached hydrogens (tertiary/aromatic N) is 4. The molecule has 0 atom stereocenters. The Kier molecular flexibility index (Phi) is 4.58. The van der Waals surface area contributed by atoms with Crippen LogP contribution in [0.5, 0.6) is 0 Å². The summed E-state index contributed by atoms with van der Waals surface area (Å²) in [6.07, 6.45) is 2.86. The van der Waals surface area contributed by atoms with E-state index >= 15 is 0 Å². The highest BCUT2D eigenvalue weighted by atomic mass is 16.5. The summed E-state index contributed by atoms with van der Waals surface area (Å²) in [7, 11) is 0. The average molecular weight is 339 g/mol. The number of nitrogens with two attached hydrogens (primary N) is 1. The fraction of sp³-hybridized carbons (Fsp3) is 0.389. The molecular weight excluding hydrogens is 318 g/mol. The van der Waals surface area contributed by atoms with E-state index in [2.05, 4.69) is 11.0 Å². The van der Waals surface area contributed by atoms with Crippen molar-refractivity contribution in [1.29, 1.82) is 0 Å². The maximum Gasteiger partial charge on any atom is 0.229 e. The lowest BCUT2D eigenvalue weighted by molar-refractivity contribution is 0.122. The number of ether oxygens (including phenoxy) is 2. The first-order valence-corrected chi connectivity index (χ1v) is 8.51. The van der Waals surface area contributed by atoms with Crippen molar-refractivity contribution < 1.29 is 9.47 Å². The van der Waals surface area contributed by atoms with Crippen LogP contribution in [-0.4, -0.2) is 54.5 Å². The molecule has 0 aliphatic carbocycles. The molecule has 4 rings (SSSR count). The van der Waals surface area contributed by atoms with Crippen LogP contribution in [0.1, 0.15) is 12.2 Å². The lowest BCUT2D eigenvalue weighted by Crippen LogP contribution is -2.37. The highest BCUT2D eigenvalue weighted by molar-refractivity contribution is 5.66. The van der Waals surface area contributed by atoms with E-state index in [0.717, 1.165) is 42.2 Å². The highest BCUT2D eigenvalue weighted by Crippen LogP contribution is 2.24. The van der Waals surface area contributed by atoms with Gasteiger partial charge in [-0.1, -0.05) is 6.08 Å². The predicted molar refractivity (Wildman–Crippen MR) is 96.1 cm³/mol. The number of aromatic nitrogens is 3. The Balaban J connectivity index is 1.76. The lowest BCUT2D eigenvalue weighted by Gasteiger charge is -2.27. The summed E-state index contributed by atoms with van der Waals surface area (Å²) >= 11 is 0. The normalized spacial score (nSPS) is 18.1. The number of hydrogen-bond donors (Lipinski definition) is 1. The molecular formula is C18H21N5O2. The van der Waals surface area contributed by atoms with Crippen LogP contribution in [0.25, 0.3) is 17.0 Å². The fourth-order valence-electron chi connectivity index (χ4n) is 2.90. The van der Waals surface area contributed by atoms with Gasteiger partial charge in [0.2, 0.25) is 5.95 Å². The Hall–Kier alpha value is -2.51. The molecule has 1 aromatic heterocycles. The van der Waals surface area contributed by atoms with Gasteiger partial charge in [-0.05, 0) is 36.3 Å². The summed E-state index contributed by atoms with van der Waals surface area (Å²) in [6, 6.07) is 7.60. The third-order valence-electron chi connectivity index (χ3n) is 4.34. The second-order valence-corrected chi connectivity index (χ2v) is 6.06. The molecule has 1 aromatic carbocycles. The summed E-state index contributed by atoms with van der Waals surface area (Å²) in [5.41, 5.74) is 8.56. The summed E-state index contributed by atoms with van der Waals surface area (Å²) in [5, 5.41) is 0. The van der Waals surface area contributed by atoms with Crippen molar-refractivity contribution in [2.45, 2.75) is 6.42 Å². The molecule has 7 nitrogen and oxygen atoms in total. The minimum atomic E-state index is 0.602. The van der Waals surface area contributed by atoms with Crippen molar-refractivity contribution in [3.63, 3.8) is 0 Å². The topological polar surface area (TPSA) is 86.4 Å². The first kappa shape index (κ1) is 16.0. The summed E-state index contributed by atoms with van der Waals surface area (Å²) in [4.78, 5) is 16.3. The summed E-state index contributed by atoms with van der Waals surface area (Å²) < 4.78 is 10.8. The molecule has 0 spiro atoms. The number of anilines is 2. The number of benzene rings is 1. The first-order chi connectivity index (χ1) is 12.3. The smallest absolute Gasteiger partial charge is 0.229 e. The van der Waals surface area contributed by atoms with Gasteiger partial charge in [0.05, 0.1) is 26.4 Å². The Morgan fingerprint density at radius 3 is 2.36 bits per heavy atom. The molecule has 130 valence electrons. The van der Waals surface area contributed by atoms with Crippen molar-refractivity contribution >= 4 is 17.2 Å². The third kappa shape index (κ3) is 3.62. The van der Waals surface area contributed by atoms with Crippen molar-refractivity contribution in [2.24, 2.45) is 0 Å². The lowest BCUT2D eigenvalue weighted by atomic mass is 10.1. The van der Waals surface area contributed by atoms with Gasteiger partial charge in [0.1, 0.15) is 0 Å². The molecule has 1 saturated heterocycles. The maximum absolute atomic E-state index is 5.80. The number of rotatable bonds is 3. The van der Waals surface area contributed by atoms with Crippen LogP contribution in [0.3, 0.4) is 0 Å².